The highest BCUT2D eigenvalue weighted by Gasteiger charge is 2.31. The highest BCUT2D eigenvalue weighted by Crippen LogP contribution is 2.22. The van der Waals surface area contributed by atoms with Gasteiger partial charge in [0.05, 0.1) is 17.1 Å². The summed E-state index contributed by atoms with van der Waals surface area (Å²) in [7, 11) is 0. The van der Waals surface area contributed by atoms with Crippen LogP contribution in [0.25, 0.3) is 0 Å². The second-order valence-electron chi connectivity index (χ2n) is 11.2. The van der Waals surface area contributed by atoms with Crippen molar-refractivity contribution in [2.24, 2.45) is 10.2 Å². The van der Waals surface area contributed by atoms with Gasteiger partial charge in [0.15, 0.2) is 12.0 Å². The summed E-state index contributed by atoms with van der Waals surface area (Å²) in [4.78, 5) is 37.2. The minimum absolute atomic E-state index is 0.143. The highest BCUT2D eigenvalue weighted by molar-refractivity contribution is 6.71. The van der Waals surface area contributed by atoms with Crippen LogP contribution in [0.1, 0.15) is 104 Å². The van der Waals surface area contributed by atoms with E-state index in [1.807, 2.05) is 12.1 Å². The van der Waals surface area contributed by atoms with E-state index in [-0.39, 0.29) is 11.6 Å². The third-order valence-corrected chi connectivity index (χ3v) is 7.77. The molecule has 3 aromatic rings. The predicted molar refractivity (Wildman–Crippen MR) is 180 cm³/mol. The van der Waals surface area contributed by atoms with Crippen LogP contribution in [0.2, 0.25) is 0 Å². The van der Waals surface area contributed by atoms with Crippen LogP contribution in [-0.2, 0) is 11.2 Å². The molecule has 4 rings (SSSR count). The van der Waals surface area contributed by atoms with Crippen molar-refractivity contribution in [2.45, 2.75) is 84.5 Å². The van der Waals surface area contributed by atoms with Crippen molar-refractivity contribution < 1.29 is 14.4 Å². The van der Waals surface area contributed by atoms with Gasteiger partial charge >= 0.3 is 5.91 Å². The number of hydrogen-bond donors (Lipinski definition) is 2. The molecular weight excluding hydrogens is 550 g/mol. The Bertz CT molecular complexity index is 1460. The normalized spacial score (nSPS) is 13.7. The second-order valence-corrected chi connectivity index (χ2v) is 11.2. The molecule has 0 radical (unpaired) electrons. The topological polar surface area (TPSA) is 103 Å². The average molecular weight is 594 g/mol. The Kier molecular flexibility index (Phi) is 12.4. The zero-order valence-electron chi connectivity index (χ0n) is 25.9. The molecule has 0 atom stereocenters. The number of benzene rings is 3. The first-order chi connectivity index (χ1) is 21.5. The molecule has 1 aliphatic heterocycles. The van der Waals surface area contributed by atoms with Crippen molar-refractivity contribution in [1.29, 1.82) is 0 Å². The van der Waals surface area contributed by atoms with E-state index in [0.717, 1.165) is 18.4 Å². The molecule has 8 heteroatoms. The minimum atomic E-state index is -0.409. The molecule has 3 aromatic carbocycles. The first kappa shape index (κ1) is 32.3. The van der Waals surface area contributed by atoms with Crippen molar-refractivity contribution in [2.75, 3.05) is 15.8 Å². The molecule has 0 bridgehead atoms. The summed E-state index contributed by atoms with van der Waals surface area (Å²) >= 11 is 0. The Morgan fingerprint density at radius 1 is 0.841 bits per heavy atom. The maximum Gasteiger partial charge on any atom is 0.301 e. The molecule has 2 amide bonds. The van der Waals surface area contributed by atoms with E-state index in [0.29, 0.717) is 28.2 Å². The SMILES string of the molecule is CCCCCCCCCCCCc1ccc(NC(=O)c2ccc(N3N=C(C)/C(=N/Nc4ccccc4C=O)C3=O)cc2)cc1. The largest absolute Gasteiger partial charge is 0.322 e. The number of rotatable bonds is 17. The van der Waals surface area contributed by atoms with E-state index < -0.39 is 5.91 Å². The lowest BCUT2D eigenvalue weighted by atomic mass is 10.0. The van der Waals surface area contributed by atoms with Gasteiger partial charge in [-0.3, -0.25) is 19.8 Å². The molecule has 0 saturated carbocycles. The number of amides is 2. The maximum atomic E-state index is 13.0. The van der Waals surface area contributed by atoms with E-state index in [1.54, 1.807) is 55.5 Å². The fourth-order valence-electron chi connectivity index (χ4n) is 5.15. The van der Waals surface area contributed by atoms with Gasteiger partial charge < -0.3 is 5.32 Å². The molecule has 0 saturated heterocycles. The molecule has 1 heterocycles. The third-order valence-electron chi connectivity index (χ3n) is 7.77. The van der Waals surface area contributed by atoms with Gasteiger partial charge in [0.2, 0.25) is 0 Å². The number of carbonyl (C=O) groups is 3. The van der Waals surface area contributed by atoms with Crippen LogP contribution >= 0.6 is 0 Å². The van der Waals surface area contributed by atoms with Crippen molar-refractivity contribution in [3.05, 3.63) is 89.5 Å². The monoisotopic (exact) mass is 593 g/mol. The number of hydrazone groups is 2. The lowest BCUT2D eigenvalue weighted by molar-refractivity contribution is -0.112. The van der Waals surface area contributed by atoms with Gasteiger partial charge in [0, 0.05) is 16.8 Å². The predicted octanol–water partition coefficient (Wildman–Crippen LogP) is 8.41. The second kappa shape index (κ2) is 16.9. The Morgan fingerprint density at radius 2 is 1.48 bits per heavy atom. The average Bonchev–Trinajstić information content (AvgIpc) is 3.34. The van der Waals surface area contributed by atoms with Crippen LogP contribution in [0, 0.1) is 0 Å². The minimum Gasteiger partial charge on any atom is -0.322 e. The molecule has 0 aliphatic carbocycles. The van der Waals surface area contributed by atoms with Crippen LogP contribution in [0.15, 0.2) is 83.0 Å². The summed E-state index contributed by atoms with van der Waals surface area (Å²) in [5, 5.41) is 12.7. The van der Waals surface area contributed by atoms with Gasteiger partial charge in [0.1, 0.15) is 0 Å². The molecule has 8 nitrogen and oxygen atoms in total. The van der Waals surface area contributed by atoms with Gasteiger partial charge in [0.25, 0.3) is 5.91 Å². The fraction of sp³-hybridized carbons (Fsp3) is 0.361. The number of unbranched alkanes of at least 4 members (excludes halogenated alkanes) is 9. The number of carbonyl (C=O) groups excluding carboxylic acids is 3. The number of hydrogen-bond acceptors (Lipinski definition) is 6. The number of nitrogens with one attached hydrogen (secondary N) is 2. The van der Waals surface area contributed by atoms with Crippen molar-refractivity contribution in [1.82, 2.24) is 0 Å². The number of nitrogens with zero attached hydrogens (tertiary/aromatic N) is 3. The van der Waals surface area contributed by atoms with Crippen LogP contribution in [-0.4, -0.2) is 29.5 Å². The van der Waals surface area contributed by atoms with Gasteiger partial charge in [-0.15, -0.1) is 0 Å². The van der Waals surface area contributed by atoms with E-state index in [4.69, 9.17) is 0 Å². The molecule has 44 heavy (non-hydrogen) atoms. The Labute approximate surface area is 260 Å². The first-order valence-electron chi connectivity index (χ1n) is 15.8. The summed E-state index contributed by atoms with van der Waals surface area (Å²) in [5.74, 6) is -0.639. The zero-order valence-corrected chi connectivity index (χ0v) is 25.9. The van der Waals surface area contributed by atoms with E-state index in [2.05, 4.69) is 40.0 Å². The molecule has 0 fully saturated rings. The number of aryl methyl sites for hydroxylation is 1. The fourth-order valence-corrected chi connectivity index (χ4v) is 5.15. The summed E-state index contributed by atoms with van der Waals surface area (Å²) < 4.78 is 0. The zero-order chi connectivity index (χ0) is 31.1. The van der Waals surface area contributed by atoms with Crippen LogP contribution in [0.4, 0.5) is 17.1 Å². The van der Waals surface area contributed by atoms with Crippen molar-refractivity contribution >= 4 is 46.6 Å². The lowest BCUT2D eigenvalue weighted by Crippen LogP contribution is -2.28. The molecule has 1 aliphatic rings. The number of para-hydroxylation sites is 1. The lowest BCUT2D eigenvalue weighted by Gasteiger charge is -2.12. The van der Waals surface area contributed by atoms with Crippen LogP contribution in [0.5, 0.6) is 0 Å². The molecule has 0 unspecified atom stereocenters. The molecular formula is C36H43N5O3. The van der Waals surface area contributed by atoms with E-state index in [1.165, 1.54) is 74.8 Å². The summed E-state index contributed by atoms with van der Waals surface area (Å²) in [6.45, 7) is 3.95. The summed E-state index contributed by atoms with van der Waals surface area (Å²) in [6, 6.07) is 21.6. The standard InChI is InChI=1S/C36H43N5O3/c1-3-4-5-6-7-8-9-10-11-12-15-28-18-22-31(23-19-28)37-35(43)29-20-24-32(25-21-29)41-36(44)34(27(2)40-41)39-38-33-17-14-13-16-30(33)26-42/h13-14,16-26,38H,3-12,15H2,1-2H3,(H,37,43)/b39-34-. The van der Waals surface area contributed by atoms with Crippen LogP contribution < -0.4 is 15.8 Å². The Morgan fingerprint density at radius 3 is 2.14 bits per heavy atom. The summed E-state index contributed by atoms with van der Waals surface area (Å²) in [6.07, 6.45) is 15.0. The smallest absolute Gasteiger partial charge is 0.301 e. The first-order valence-corrected chi connectivity index (χ1v) is 15.8. The van der Waals surface area contributed by atoms with Crippen LogP contribution in [0.3, 0.4) is 0 Å². The number of anilines is 3. The van der Waals surface area contributed by atoms with Gasteiger partial charge in [-0.2, -0.15) is 15.2 Å². The van der Waals surface area contributed by atoms with E-state index in [9.17, 15) is 14.4 Å². The third kappa shape index (κ3) is 9.20. The molecule has 0 aromatic heterocycles. The Balaban J connectivity index is 1.22. The quantitative estimate of drug-likeness (QED) is 0.0932. The molecule has 2 N–H and O–H groups in total. The van der Waals surface area contributed by atoms with Gasteiger partial charge in [-0.05, 0) is 73.9 Å². The summed E-state index contributed by atoms with van der Waals surface area (Å²) in [5.41, 5.74) is 7.30. The highest BCUT2D eigenvalue weighted by atomic mass is 16.2. The molecule has 0 spiro atoms. The van der Waals surface area contributed by atoms with Crippen molar-refractivity contribution in [3.63, 3.8) is 0 Å². The van der Waals surface area contributed by atoms with Crippen molar-refractivity contribution in [3.8, 4) is 0 Å². The van der Waals surface area contributed by atoms with Gasteiger partial charge in [-0.1, -0.05) is 89.0 Å². The molecule has 230 valence electrons. The van der Waals surface area contributed by atoms with E-state index >= 15 is 0 Å². The van der Waals surface area contributed by atoms with Gasteiger partial charge in [-0.25, -0.2) is 0 Å². The maximum absolute atomic E-state index is 13.0. The Hall–Kier alpha value is -4.59. The number of aldehydes is 1.